The molecule has 3 aliphatic heterocycles. The van der Waals surface area contributed by atoms with Gasteiger partial charge in [-0.1, -0.05) is 6.42 Å². The van der Waals surface area contributed by atoms with Crippen LogP contribution in [0, 0.1) is 11.8 Å². The third-order valence-corrected chi connectivity index (χ3v) is 8.34. The molecule has 41 heavy (non-hydrogen) atoms. The largest absolute Gasteiger partial charge is 0.471 e. The molecule has 3 saturated heterocycles. The summed E-state index contributed by atoms with van der Waals surface area (Å²) in [6.45, 7) is 1.98. The van der Waals surface area contributed by atoms with Crippen LogP contribution in [0.4, 0.5) is 13.2 Å². The number of carbonyl (C=O) groups is 3. The summed E-state index contributed by atoms with van der Waals surface area (Å²) >= 11 is 0. The number of hydrogen-bond acceptors (Lipinski definition) is 10. The predicted molar refractivity (Wildman–Crippen MR) is 132 cm³/mol. The molecule has 0 aromatic carbocycles. The lowest BCUT2D eigenvalue weighted by molar-refractivity contribution is -0.229. The predicted octanol–water partition coefficient (Wildman–Crippen LogP) is -0.0717. The molecule has 1 aliphatic carbocycles. The molecular weight excluding hydrogens is 557 g/mol. The molecule has 1 unspecified atom stereocenters. The SMILES string of the molecule is O=C1CC(C2CCC2)C(=O)N1CCOCCOCCOCCOC[C@@]12CC[C@@H](O1)[C@@H](NC(=O)C(F)(F)F)[C@@H](O)[C@H]2O. The molecule has 6 atom stereocenters. The number of nitrogens with one attached hydrogen (secondary N) is 1. The van der Waals surface area contributed by atoms with E-state index in [-0.39, 0.29) is 70.2 Å². The van der Waals surface area contributed by atoms with E-state index in [4.69, 9.17) is 23.7 Å². The summed E-state index contributed by atoms with van der Waals surface area (Å²) in [6, 6.07) is -1.38. The fraction of sp³-hybridized carbons (Fsp3) is 0.885. The first kappa shape index (κ1) is 32.0. The first-order valence-electron chi connectivity index (χ1n) is 14.1. The average Bonchev–Trinajstić information content (AvgIpc) is 3.41. The molecule has 0 aromatic rings. The number of imide groups is 1. The average molecular weight is 597 g/mol. The summed E-state index contributed by atoms with van der Waals surface area (Å²) in [6.07, 6.45) is -5.20. The molecule has 1 saturated carbocycles. The minimum Gasteiger partial charge on any atom is -0.388 e. The molecule has 2 bridgehead atoms. The fourth-order valence-corrected chi connectivity index (χ4v) is 5.82. The Morgan fingerprint density at radius 3 is 2.17 bits per heavy atom. The van der Waals surface area contributed by atoms with E-state index in [1.807, 2.05) is 0 Å². The van der Waals surface area contributed by atoms with E-state index < -0.39 is 42.0 Å². The van der Waals surface area contributed by atoms with Crippen molar-refractivity contribution in [1.82, 2.24) is 10.2 Å². The van der Waals surface area contributed by atoms with Crippen LogP contribution in [0.2, 0.25) is 0 Å². The van der Waals surface area contributed by atoms with Crippen LogP contribution in [0.15, 0.2) is 0 Å². The quantitative estimate of drug-likeness (QED) is 0.163. The smallest absolute Gasteiger partial charge is 0.388 e. The highest BCUT2D eigenvalue weighted by Gasteiger charge is 2.59. The highest BCUT2D eigenvalue weighted by molar-refractivity contribution is 6.03. The second-order valence-electron chi connectivity index (χ2n) is 11.0. The van der Waals surface area contributed by atoms with E-state index in [1.165, 1.54) is 4.90 Å². The summed E-state index contributed by atoms with van der Waals surface area (Å²) in [4.78, 5) is 37.1. The van der Waals surface area contributed by atoms with Gasteiger partial charge in [0, 0.05) is 6.42 Å². The van der Waals surface area contributed by atoms with Crippen LogP contribution >= 0.6 is 0 Å². The Bertz CT molecular complexity index is 920. The lowest BCUT2D eigenvalue weighted by Gasteiger charge is -2.44. The molecule has 0 aromatic heterocycles. The summed E-state index contributed by atoms with van der Waals surface area (Å²) in [7, 11) is 0. The van der Waals surface area contributed by atoms with Crippen LogP contribution in [-0.2, 0) is 38.1 Å². The number of likely N-dealkylation sites (tertiary alicyclic amines) is 1. The first-order chi connectivity index (χ1) is 19.5. The fourth-order valence-electron chi connectivity index (χ4n) is 5.82. The van der Waals surface area contributed by atoms with Crippen LogP contribution in [0.1, 0.15) is 38.5 Å². The molecular formula is C26H39F3N2O10. The third kappa shape index (κ3) is 7.75. The molecule has 3 amide bonds. The van der Waals surface area contributed by atoms with Crippen molar-refractivity contribution in [2.45, 2.75) is 74.7 Å². The topological polar surface area (TPSA) is 153 Å². The van der Waals surface area contributed by atoms with Gasteiger partial charge in [-0.25, -0.2) is 0 Å². The number of ether oxygens (including phenoxy) is 5. The molecule has 4 aliphatic rings. The van der Waals surface area contributed by atoms with Gasteiger partial charge in [-0.3, -0.25) is 19.3 Å². The summed E-state index contributed by atoms with van der Waals surface area (Å²) in [5.41, 5.74) is -1.28. The normalized spacial score (nSPS) is 32.0. The van der Waals surface area contributed by atoms with Crippen LogP contribution in [0.5, 0.6) is 0 Å². The third-order valence-electron chi connectivity index (χ3n) is 8.34. The molecule has 0 spiro atoms. The second-order valence-corrected chi connectivity index (χ2v) is 11.0. The van der Waals surface area contributed by atoms with E-state index >= 15 is 0 Å². The Labute approximate surface area is 235 Å². The summed E-state index contributed by atoms with van der Waals surface area (Å²) in [5.74, 6) is -2.20. The van der Waals surface area contributed by atoms with Gasteiger partial charge in [-0.15, -0.1) is 0 Å². The van der Waals surface area contributed by atoms with E-state index in [1.54, 1.807) is 5.32 Å². The van der Waals surface area contributed by atoms with E-state index in [0.29, 0.717) is 32.2 Å². The van der Waals surface area contributed by atoms with Crippen molar-refractivity contribution in [3.8, 4) is 0 Å². The Morgan fingerprint density at radius 1 is 0.976 bits per heavy atom. The number of alkyl halides is 3. The molecule has 4 fully saturated rings. The number of fused-ring (bicyclic) bond motifs is 2. The number of amides is 3. The van der Waals surface area contributed by atoms with Crippen molar-refractivity contribution in [1.29, 1.82) is 0 Å². The number of carbonyl (C=O) groups excluding carboxylic acids is 3. The highest BCUT2D eigenvalue weighted by Crippen LogP contribution is 2.42. The minimum absolute atomic E-state index is 0.0729. The molecule has 0 radical (unpaired) electrons. The Balaban J connectivity index is 0.995. The van der Waals surface area contributed by atoms with Crippen LogP contribution < -0.4 is 5.32 Å². The molecule has 4 rings (SSSR count). The van der Waals surface area contributed by atoms with Crippen molar-refractivity contribution in [3.63, 3.8) is 0 Å². The summed E-state index contributed by atoms with van der Waals surface area (Å²) in [5, 5.41) is 22.6. The van der Waals surface area contributed by atoms with Crippen molar-refractivity contribution >= 4 is 17.7 Å². The first-order valence-corrected chi connectivity index (χ1v) is 14.1. The van der Waals surface area contributed by atoms with Gasteiger partial charge in [0.25, 0.3) is 0 Å². The van der Waals surface area contributed by atoms with Crippen molar-refractivity contribution < 1.29 is 61.5 Å². The minimum atomic E-state index is -5.11. The van der Waals surface area contributed by atoms with E-state index in [9.17, 15) is 37.8 Å². The molecule has 12 nitrogen and oxygen atoms in total. The van der Waals surface area contributed by atoms with Gasteiger partial charge in [0.05, 0.1) is 77.5 Å². The zero-order valence-electron chi connectivity index (χ0n) is 22.8. The number of aliphatic hydroxyl groups excluding tert-OH is 2. The Kier molecular flexibility index (Phi) is 11.0. The van der Waals surface area contributed by atoms with E-state index in [2.05, 4.69) is 0 Å². The standard InChI is InChI=1S/C26H39F3N2O10/c27-26(28,29)24(36)30-20-18-4-5-25(41-18,22(34)21(20)33)15-40-13-12-39-11-10-38-9-8-37-7-6-31-19(32)14-17(23(31)35)16-2-1-3-16/h16-18,20-22,33-34H,1-15H2,(H,30,36)/t17?,18-,20-,21-,22-,25-/m1/s1. The van der Waals surface area contributed by atoms with Crippen molar-refractivity contribution in [3.05, 3.63) is 0 Å². The van der Waals surface area contributed by atoms with Gasteiger partial charge in [0.1, 0.15) is 17.8 Å². The van der Waals surface area contributed by atoms with Gasteiger partial charge >= 0.3 is 12.1 Å². The maximum absolute atomic E-state index is 12.6. The number of rotatable bonds is 16. The maximum Gasteiger partial charge on any atom is 0.471 e. The highest BCUT2D eigenvalue weighted by atomic mass is 19.4. The lowest BCUT2D eigenvalue weighted by Crippen LogP contribution is -2.66. The summed E-state index contributed by atoms with van der Waals surface area (Å²) < 4.78 is 65.4. The van der Waals surface area contributed by atoms with Crippen LogP contribution in [-0.4, -0.2) is 128 Å². The Morgan fingerprint density at radius 2 is 1.59 bits per heavy atom. The number of nitrogens with zero attached hydrogens (tertiary/aromatic N) is 1. The van der Waals surface area contributed by atoms with Gasteiger partial charge in [0.2, 0.25) is 11.8 Å². The molecule has 234 valence electrons. The van der Waals surface area contributed by atoms with Gasteiger partial charge in [-0.2, -0.15) is 13.2 Å². The van der Waals surface area contributed by atoms with Crippen LogP contribution in [0.25, 0.3) is 0 Å². The monoisotopic (exact) mass is 596 g/mol. The van der Waals surface area contributed by atoms with Gasteiger partial charge < -0.3 is 39.2 Å². The number of hydrogen-bond donors (Lipinski definition) is 3. The number of aliphatic hydroxyl groups is 2. The zero-order valence-corrected chi connectivity index (χ0v) is 22.8. The van der Waals surface area contributed by atoms with E-state index in [0.717, 1.165) is 19.3 Å². The van der Waals surface area contributed by atoms with Crippen molar-refractivity contribution in [2.75, 3.05) is 59.4 Å². The maximum atomic E-state index is 12.6. The molecule has 3 heterocycles. The Hall–Kier alpha value is -1.88. The molecule has 15 heteroatoms. The van der Waals surface area contributed by atoms with Gasteiger partial charge in [-0.05, 0) is 31.6 Å². The van der Waals surface area contributed by atoms with Crippen molar-refractivity contribution in [2.24, 2.45) is 11.8 Å². The van der Waals surface area contributed by atoms with Gasteiger partial charge in [0.15, 0.2) is 0 Å². The number of halogens is 3. The second kappa shape index (κ2) is 14.1. The molecule has 3 N–H and O–H groups in total. The van der Waals surface area contributed by atoms with Crippen LogP contribution in [0.3, 0.4) is 0 Å². The lowest BCUT2D eigenvalue weighted by atomic mass is 9.75. The zero-order chi connectivity index (χ0) is 29.6.